The zero-order valence-electron chi connectivity index (χ0n) is 16.9. The zero-order valence-corrected chi connectivity index (χ0v) is 16.9. The maximum atomic E-state index is 12.7. The summed E-state index contributed by atoms with van der Waals surface area (Å²) in [7, 11) is 0. The molecule has 3 rings (SSSR count). The third kappa shape index (κ3) is 5.01. The number of benzene rings is 1. The highest BCUT2D eigenvalue weighted by Gasteiger charge is 2.25. The molecule has 4 nitrogen and oxygen atoms in total. The monoisotopic (exact) mass is 368 g/mol. The number of carbonyl (C=O) groups is 1. The molecular weight excluding hydrogens is 336 g/mol. The second-order valence-corrected chi connectivity index (χ2v) is 7.74. The van der Waals surface area contributed by atoms with Crippen molar-refractivity contribution in [2.24, 2.45) is 5.92 Å². The third-order valence-electron chi connectivity index (χ3n) is 5.87. The SMILES string of the molecule is CCN(CC1CCN(CCc2ccccc2C)CC1)C(=O)c1occc1C. The van der Waals surface area contributed by atoms with E-state index in [1.807, 2.05) is 24.8 Å². The van der Waals surface area contributed by atoms with E-state index in [4.69, 9.17) is 4.42 Å². The standard InChI is InChI=1S/C23H32N2O2/c1-4-25(23(26)22-19(3)12-16-27-22)17-20-9-13-24(14-10-20)15-11-21-8-6-5-7-18(21)2/h5-8,12,16,20H,4,9-11,13-15,17H2,1-3H3. The van der Waals surface area contributed by atoms with Gasteiger partial charge in [-0.1, -0.05) is 24.3 Å². The first-order valence-corrected chi connectivity index (χ1v) is 10.2. The van der Waals surface area contributed by atoms with Crippen molar-refractivity contribution >= 4 is 5.91 Å². The Morgan fingerprint density at radius 2 is 1.89 bits per heavy atom. The van der Waals surface area contributed by atoms with Crippen LogP contribution >= 0.6 is 0 Å². The second-order valence-electron chi connectivity index (χ2n) is 7.74. The Morgan fingerprint density at radius 1 is 1.15 bits per heavy atom. The molecular formula is C23H32N2O2. The Bertz CT molecular complexity index is 744. The number of nitrogens with zero attached hydrogens (tertiary/aromatic N) is 2. The molecule has 0 saturated carbocycles. The predicted octanol–water partition coefficient (Wildman–Crippen LogP) is 4.31. The van der Waals surface area contributed by atoms with Crippen molar-refractivity contribution in [2.45, 2.75) is 40.0 Å². The van der Waals surface area contributed by atoms with Crippen molar-refractivity contribution < 1.29 is 9.21 Å². The van der Waals surface area contributed by atoms with Gasteiger partial charge >= 0.3 is 0 Å². The fraction of sp³-hybridized carbons (Fsp3) is 0.522. The van der Waals surface area contributed by atoms with Crippen LogP contribution in [-0.4, -0.2) is 48.4 Å². The lowest BCUT2D eigenvalue weighted by Gasteiger charge is -2.34. The number of amides is 1. The summed E-state index contributed by atoms with van der Waals surface area (Å²) in [5.41, 5.74) is 3.76. The fourth-order valence-corrected chi connectivity index (χ4v) is 3.96. The highest BCUT2D eigenvalue weighted by atomic mass is 16.3. The van der Waals surface area contributed by atoms with Crippen LogP contribution in [0.2, 0.25) is 0 Å². The van der Waals surface area contributed by atoms with Crippen LogP contribution in [0.4, 0.5) is 0 Å². The molecule has 2 heterocycles. The molecule has 0 radical (unpaired) electrons. The van der Waals surface area contributed by atoms with Crippen LogP contribution in [0.15, 0.2) is 41.0 Å². The van der Waals surface area contributed by atoms with Gasteiger partial charge in [0.2, 0.25) is 0 Å². The molecule has 1 aromatic carbocycles. The van der Waals surface area contributed by atoms with Crippen LogP contribution < -0.4 is 0 Å². The molecule has 0 spiro atoms. The molecule has 0 bridgehead atoms. The van der Waals surface area contributed by atoms with Gasteiger partial charge in [-0.15, -0.1) is 0 Å². The van der Waals surface area contributed by atoms with Gasteiger partial charge in [-0.3, -0.25) is 4.79 Å². The van der Waals surface area contributed by atoms with E-state index in [2.05, 4.69) is 36.1 Å². The minimum absolute atomic E-state index is 0.0296. The van der Waals surface area contributed by atoms with Gasteiger partial charge in [0.05, 0.1) is 6.26 Å². The average molecular weight is 369 g/mol. The average Bonchev–Trinajstić information content (AvgIpc) is 3.12. The van der Waals surface area contributed by atoms with Crippen molar-refractivity contribution in [1.29, 1.82) is 0 Å². The fourth-order valence-electron chi connectivity index (χ4n) is 3.96. The zero-order chi connectivity index (χ0) is 19.2. The molecule has 0 atom stereocenters. The molecule has 4 heteroatoms. The van der Waals surface area contributed by atoms with Gasteiger partial charge in [0.15, 0.2) is 5.76 Å². The highest BCUT2D eigenvalue weighted by Crippen LogP contribution is 2.21. The van der Waals surface area contributed by atoms with Crippen molar-refractivity contribution in [3.05, 3.63) is 59.0 Å². The summed E-state index contributed by atoms with van der Waals surface area (Å²) >= 11 is 0. The summed E-state index contributed by atoms with van der Waals surface area (Å²) in [5.74, 6) is 1.10. The van der Waals surface area contributed by atoms with Gasteiger partial charge in [-0.25, -0.2) is 0 Å². The quantitative estimate of drug-likeness (QED) is 0.730. The Labute approximate surface area is 163 Å². The van der Waals surface area contributed by atoms with Crippen LogP contribution in [0.1, 0.15) is 47.0 Å². The van der Waals surface area contributed by atoms with Crippen molar-refractivity contribution in [2.75, 3.05) is 32.7 Å². The number of rotatable bonds is 7. The van der Waals surface area contributed by atoms with Crippen LogP contribution in [0, 0.1) is 19.8 Å². The lowest BCUT2D eigenvalue weighted by molar-refractivity contribution is 0.0669. The van der Waals surface area contributed by atoms with E-state index in [1.165, 1.54) is 11.1 Å². The number of aryl methyl sites for hydroxylation is 2. The summed E-state index contributed by atoms with van der Waals surface area (Å²) in [5, 5.41) is 0. The summed E-state index contributed by atoms with van der Waals surface area (Å²) in [6, 6.07) is 10.5. The highest BCUT2D eigenvalue weighted by molar-refractivity contribution is 5.92. The number of likely N-dealkylation sites (tertiary alicyclic amines) is 1. The van der Waals surface area contributed by atoms with E-state index >= 15 is 0 Å². The van der Waals surface area contributed by atoms with Crippen molar-refractivity contribution in [1.82, 2.24) is 9.80 Å². The number of piperidine rings is 1. The van der Waals surface area contributed by atoms with Gasteiger partial charge in [0.1, 0.15) is 0 Å². The van der Waals surface area contributed by atoms with E-state index in [9.17, 15) is 4.79 Å². The van der Waals surface area contributed by atoms with E-state index < -0.39 is 0 Å². The van der Waals surface area contributed by atoms with Gasteiger partial charge in [-0.05, 0) is 76.2 Å². The van der Waals surface area contributed by atoms with E-state index in [1.54, 1.807) is 6.26 Å². The molecule has 1 saturated heterocycles. The Balaban J connectivity index is 1.46. The molecule has 1 aliphatic heterocycles. The number of carbonyl (C=O) groups excluding carboxylic acids is 1. The molecule has 0 aliphatic carbocycles. The van der Waals surface area contributed by atoms with Gasteiger partial charge in [0, 0.05) is 25.2 Å². The van der Waals surface area contributed by atoms with Crippen LogP contribution in [0.25, 0.3) is 0 Å². The summed E-state index contributed by atoms with van der Waals surface area (Å²) in [6.07, 6.45) is 5.04. The first-order chi connectivity index (χ1) is 13.1. The van der Waals surface area contributed by atoms with E-state index in [0.29, 0.717) is 11.7 Å². The maximum Gasteiger partial charge on any atom is 0.289 e. The lowest BCUT2D eigenvalue weighted by Crippen LogP contribution is -2.41. The minimum atomic E-state index is 0.0296. The molecule has 1 aromatic heterocycles. The third-order valence-corrected chi connectivity index (χ3v) is 5.87. The molecule has 1 amide bonds. The molecule has 0 N–H and O–H groups in total. The van der Waals surface area contributed by atoms with Gasteiger partial charge < -0.3 is 14.2 Å². The molecule has 146 valence electrons. The topological polar surface area (TPSA) is 36.7 Å². The Hall–Kier alpha value is -2.07. The van der Waals surface area contributed by atoms with Crippen LogP contribution in [0.5, 0.6) is 0 Å². The molecule has 2 aromatic rings. The molecule has 27 heavy (non-hydrogen) atoms. The summed E-state index contributed by atoms with van der Waals surface area (Å²) in [6.45, 7) is 11.1. The Kier molecular flexibility index (Phi) is 6.73. The van der Waals surface area contributed by atoms with Crippen LogP contribution in [-0.2, 0) is 6.42 Å². The smallest absolute Gasteiger partial charge is 0.289 e. The minimum Gasteiger partial charge on any atom is -0.459 e. The van der Waals surface area contributed by atoms with Crippen molar-refractivity contribution in [3.8, 4) is 0 Å². The molecule has 0 unspecified atom stereocenters. The lowest BCUT2D eigenvalue weighted by atomic mass is 9.95. The molecule has 1 aliphatic rings. The van der Waals surface area contributed by atoms with E-state index in [0.717, 1.165) is 57.5 Å². The van der Waals surface area contributed by atoms with Gasteiger partial charge in [0.25, 0.3) is 5.91 Å². The van der Waals surface area contributed by atoms with Gasteiger partial charge in [-0.2, -0.15) is 0 Å². The number of hydrogen-bond donors (Lipinski definition) is 0. The van der Waals surface area contributed by atoms with Crippen molar-refractivity contribution in [3.63, 3.8) is 0 Å². The molecule has 1 fully saturated rings. The largest absolute Gasteiger partial charge is 0.459 e. The van der Waals surface area contributed by atoms with Crippen LogP contribution in [0.3, 0.4) is 0 Å². The first kappa shape index (κ1) is 19.7. The first-order valence-electron chi connectivity index (χ1n) is 10.2. The normalized spacial score (nSPS) is 15.8. The van der Waals surface area contributed by atoms with E-state index in [-0.39, 0.29) is 5.91 Å². The second kappa shape index (κ2) is 9.23. The number of hydrogen-bond acceptors (Lipinski definition) is 3. The Morgan fingerprint density at radius 3 is 2.52 bits per heavy atom. The maximum absolute atomic E-state index is 12.7. The number of furan rings is 1. The summed E-state index contributed by atoms with van der Waals surface area (Å²) < 4.78 is 5.40. The summed E-state index contributed by atoms with van der Waals surface area (Å²) in [4.78, 5) is 17.2. The predicted molar refractivity (Wildman–Crippen MR) is 109 cm³/mol.